The molecule has 0 amide bonds. The lowest BCUT2D eigenvalue weighted by atomic mass is 9.81. The molecule has 1 aliphatic rings. The average Bonchev–Trinajstić information content (AvgIpc) is 2.84. The number of rotatable bonds is 6. The Morgan fingerprint density at radius 3 is 2.60 bits per heavy atom. The molecule has 1 atom stereocenters. The van der Waals surface area contributed by atoms with Crippen molar-refractivity contribution in [2.24, 2.45) is 5.41 Å². The van der Waals surface area contributed by atoms with E-state index in [1.165, 1.54) is 47.7 Å². The molecule has 2 aromatic carbocycles. The number of ether oxygens (including phenoxy) is 1. The van der Waals surface area contributed by atoms with Crippen molar-refractivity contribution in [1.29, 1.82) is 0 Å². The number of thioether (sulfide) groups is 1. The van der Waals surface area contributed by atoms with Crippen molar-refractivity contribution in [3.8, 4) is 5.75 Å². The first-order valence-electron chi connectivity index (χ1n) is 9.35. The van der Waals surface area contributed by atoms with Crippen molar-refractivity contribution >= 4 is 23.1 Å². The molecule has 1 heterocycles. The summed E-state index contributed by atoms with van der Waals surface area (Å²) >= 11 is 2.00. The lowest BCUT2D eigenvalue weighted by molar-refractivity contribution is 0.295. The molecular weight excluding hydrogens is 326 g/mol. The first-order valence-corrected chi connectivity index (χ1v) is 10.3. The van der Waals surface area contributed by atoms with E-state index in [0.29, 0.717) is 5.41 Å². The zero-order chi connectivity index (χ0) is 17.7. The molecule has 3 rings (SSSR count). The van der Waals surface area contributed by atoms with Crippen LogP contribution < -0.4 is 9.64 Å². The Balaban J connectivity index is 2.04. The predicted molar refractivity (Wildman–Crippen MR) is 109 cm³/mol. The van der Waals surface area contributed by atoms with Gasteiger partial charge in [-0.3, -0.25) is 0 Å². The van der Waals surface area contributed by atoms with Crippen LogP contribution in [-0.2, 0) is 0 Å². The van der Waals surface area contributed by atoms with Crippen LogP contribution in [0.5, 0.6) is 5.75 Å². The molecule has 2 nitrogen and oxygen atoms in total. The molecule has 0 fully saturated rings. The second-order valence-corrected chi connectivity index (χ2v) is 8.02. The van der Waals surface area contributed by atoms with Gasteiger partial charge in [-0.15, -0.1) is 11.8 Å². The predicted octanol–water partition coefficient (Wildman–Crippen LogP) is 6.53. The van der Waals surface area contributed by atoms with Crippen molar-refractivity contribution in [3.63, 3.8) is 0 Å². The SMILES string of the molecule is CCCCC1(CC)CSc2cc(OC)ccc2N(c2ccccc2)C1. The minimum absolute atomic E-state index is 0.350. The summed E-state index contributed by atoms with van der Waals surface area (Å²) in [5, 5.41) is 0. The number of methoxy groups -OCH3 is 1. The van der Waals surface area contributed by atoms with Crippen LogP contribution in [0, 0.1) is 5.41 Å². The van der Waals surface area contributed by atoms with Gasteiger partial charge in [0.15, 0.2) is 0 Å². The zero-order valence-corrected chi connectivity index (χ0v) is 16.4. The molecule has 3 heteroatoms. The van der Waals surface area contributed by atoms with E-state index in [2.05, 4.69) is 67.3 Å². The molecule has 1 unspecified atom stereocenters. The smallest absolute Gasteiger partial charge is 0.120 e. The van der Waals surface area contributed by atoms with Crippen molar-refractivity contribution in [2.75, 3.05) is 24.3 Å². The second kappa shape index (κ2) is 8.18. The van der Waals surface area contributed by atoms with Gasteiger partial charge in [0.1, 0.15) is 5.75 Å². The average molecular weight is 356 g/mol. The van der Waals surface area contributed by atoms with E-state index >= 15 is 0 Å². The molecule has 0 radical (unpaired) electrons. The largest absolute Gasteiger partial charge is 0.497 e. The lowest BCUT2D eigenvalue weighted by Crippen LogP contribution is -2.35. The fourth-order valence-electron chi connectivity index (χ4n) is 3.59. The summed E-state index contributed by atoms with van der Waals surface area (Å²) in [6.45, 7) is 5.73. The zero-order valence-electron chi connectivity index (χ0n) is 15.6. The number of unbranched alkanes of at least 4 members (excludes halogenated alkanes) is 1. The van der Waals surface area contributed by atoms with Crippen LogP contribution >= 0.6 is 11.8 Å². The van der Waals surface area contributed by atoms with E-state index < -0.39 is 0 Å². The van der Waals surface area contributed by atoms with Gasteiger partial charge < -0.3 is 9.64 Å². The van der Waals surface area contributed by atoms with Crippen molar-refractivity contribution in [1.82, 2.24) is 0 Å². The number of para-hydroxylation sites is 1. The first kappa shape index (κ1) is 18.2. The molecule has 0 saturated carbocycles. The minimum atomic E-state index is 0.350. The summed E-state index contributed by atoms with van der Waals surface area (Å²) in [4.78, 5) is 3.85. The summed E-state index contributed by atoms with van der Waals surface area (Å²) in [5.74, 6) is 2.12. The van der Waals surface area contributed by atoms with Crippen molar-refractivity contribution in [3.05, 3.63) is 48.5 Å². The van der Waals surface area contributed by atoms with Crippen LogP contribution in [0.15, 0.2) is 53.4 Å². The monoisotopic (exact) mass is 355 g/mol. The first-order chi connectivity index (χ1) is 12.2. The van der Waals surface area contributed by atoms with Gasteiger partial charge in [0.2, 0.25) is 0 Å². The van der Waals surface area contributed by atoms with Gasteiger partial charge in [0.05, 0.1) is 12.8 Å². The number of hydrogen-bond acceptors (Lipinski definition) is 3. The van der Waals surface area contributed by atoms with E-state index in [0.717, 1.165) is 12.3 Å². The van der Waals surface area contributed by atoms with Crippen LogP contribution in [-0.4, -0.2) is 19.4 Å². The number of fused-ring (bicyclic) bond motifs is 1. The van der Waals surface area contributed by atoms with Crippen LogP contribution in [0.3, 0.4) is 0 Å². The molecule has 0 aliphatic carbocycles. The Labute approximate surface area is 156 Å². The van der Waals surface area contributed by atoms with Gasteiger partial charge in [0, 0.05) is 22.9 Å². The van der Waals surface area contributed by atoms with E-state index in [1.54, 1.807) is 7.11 Å². The van der Waals surface area contributed by atoms with Gasteiger partial charge in [-0.05, 0) is 48.6 Å². The summed E-state index contributed by atoms with van der Waals surface area (Å²) in [5.41, 5.74) is 2.94. The quantitative estimate of drug-likeness (QED) is 0.585. The fraction of sp³-hybridized carbons (Fsp3) is 0.455. The van der Waals surface area contributed by atoms with Crippen LogP contribution in [0.2, 0.25) is 0 Å². The third-order valence-corrected chi connectivity index (χ3v) is 6.76. The molecule has 0 spiro atoms. The number of hydrogen-bond donors (Lipinski definition) is 0. The Kier molecular flexibility index (Phi) is 5.95. The Bertz CT molecular complexity index is 688. The molecule has 1 aliphatic heterocycles. The highest BCUT2D eigenvalue weighted by Crippen LogP contribution is 2.47. The molecular formula is C22H29NOS. The summed E-state index contributed by atoms with van der Waals surface area (Å²) in [6.07, 6.45) is 5.07. The topological polar surface area (TPSA) is 12.5 Å². The molecule has 2 aromatic rings. The fourth-order valence-corrected chi connectivity index (χ4v) is 5.02. The Hall–Kier alpha value is -1.61. The van der Waals surface area contributed by atoms with Crippen LogP contribution in [0.25, 0.3) is 0 Å². The molecule has 0 saturated heterocycles. The van der Waals surface area contributed by atoms with Gasteiger partial charge in [-0.1, -0.05) is 44.9 Å². The Morgan fingerprint density at radius 2 is 1.92 bits per heavy atom. The van der Waals surface area contributed by atoms with Gasteiger partial charge in [-0.25, -0.2) is 0 Å². The maximum absolute atomic E-state index is 5.47. The second-order valence-electron chi connectivity index (χ2n) is 7.00. The minimum Gasteiger partial charge on any atom is -0.497 e. The van der Waals surface area contributed by atoms with Gasteiger partial charge >= 0.3 is 0 Å². The number of nitrogens with zero attached hydrogens (tertiary/aromatic N) is 1. The standard InChI is InChI=1S/C22H29NOS/c1-4-6-14-22(5-2)16-23(18-10-8-7-9-11-18)20-13-12-19(24-3)15-21(20)25-17-22/h7-13,15H,4-6,14,16-17H2,1-3H3. The third-order valence-electron chi connectivity index (χ3n) is 5.36. The van der Waals surface area contributed by atoms with Gasteiger partial charge in [-0.2, -0.15) is 0 Å². The summed E-state index contributed by atoms with van der Waals surface area (Å²) < 4.78 is 5.47. The van der Waals surface area contributed by atoms with E-state index in [-0.39, 0.29) is 0 Å². The van der Waals surface area contributed by atoms with Crippen molar-refractivity contribution < 1.29 is 4.74 Å². The highest BCUT2D eigenvalue weighted by Gasteiger charge is 2.34. The highest BCUT2D eigenvalue weighted by atomic mass is 32.2. The van der Waals surface area contributed by atoms with Crippen molar-refractivity contribution in [2.45, 2.75) is 44.4 Å². The van der Waals surface area contributed by atoms with Crippen LogP contribution in [0.4, 0.5) is 11.4 Å². The van der Waals surface area contributed by atoms with E-state index in [9.17, 15) is 0 Å². The van der Waals surface area contributed by atoms with E-state index in [1.807, 2.05) is 11.8 Å². The number of benzene rings is 2. The molecule has 0 N–H and O–H groups in total. The van der Waals surface area contributed by atoms with Gasteiger partial charge in [0.25, 0.3) is 0 Å². The molecule has 0 aromatic heterocycles. The normalized spacial score (nSPS) is 20.0. The third kappa shape index (κ3) is 3.98. The summed E-state index contributed by atoms with van der Waals surface area (Å²) in [6, 6.07) is 17.3. The molecule has 134 valence electrons. The van der Waals surface area contributed by atoms with E-state index in [4.69, 9.17) is 4.74 Å². The van der Waals surface area contributed by atoms with Crippen LogP contribution in [0.1, 0.15) is 39.5 Å². The maximum Gasteiger partial charge on any atom is 0.120 e. The molecule has 0 bridgehead atoms. The molecule has 25 heavy (non-hydrogen) atoms. The highest BCUT2D eigenvalue weighted by molar-refractivity contribution is 7.99. The maximum atomic E-state index is 5.47. The lowest BCUT2D eigenvalue weighted by Gasteiger charge is -2.36. The number of anilines is 2. The Morgan fingerprint density at radius 1 is 1.12 bits per heavy atom. The summed E-state index contributed by atoms with van der Waals surface area (Å²) in [7, 11) is 1.75.